The molecule has 0 radical (unpaired) electrons. The highest BCUT2D eigenvalue weighted by Gasteiger charge is 2.21. The Labute approximate surface area is 108 Å². The molecule has 0 fully saturated rings. The van der Waals surface area contributed by atoms with E-state index in [0.29, 0.717) is 13.0 Å². The van der Waals surface area contributed by atoms with Crippen molar-refractivity contribution >= 4 is 21.9 Å². The molecule has 17 heavy (non-hydrogen) atoms. The summed E-state index contributed by atoms with van der Waals surface area (Å²) in [6, 6.07) is 3.85. The lowest BCUT2D eigenvalue weighted by Gasteiger charge is -2.23. The van der Waals surface area contributed by atoms with Crippen molar-refractivity contribution in [1.29, 1.82) is 0 Å². The molecular formula is C12H15BrFNO2. The van der Waals surface area contributed by atoms with Gasteiger partial charge >= 0.3 is 5.97 Å². The third-order valence-corrected chi connectivity index (χ3v) is 3.40. The van der Waals surface area contributed by atoms with Crippen LogP contribution in [0.2, 0.25) is 0 Å². The molecule has 5 heteroatoms. The van der Waals surface area contributed by atoms with Gasteiger partial charge in [0.1, 0.15) is 11.9 Å². The summed E-state index contributed by atoms with van der Waals surface area (Å²) >= 11 is 3.33. The maximum absolute atomic E-state index is 13.1. The number of halogens is 2. The fourth-order valence-electron chi connectivity index (χ4n) is 1.72. The zero-order valence-electron chi connectivity index (χ0n) is 9.78. The van der Waals surface area contributed by atoms with E-state index >= 15 is 0 Å². The summed E-state index contributed by atoms with van der Waals surface area (Å²) in [4.78, 5) is 12.7. The first-order valence-electron chi connectivity index (χ1n) is 5.32. The highest BCUT2D eigenvalue weighted by molar-refractivity contribution is 9.10. The molecule has 0 saturated heterocycles. The second kappa shape index (κ2) is 6.12. The number of nitrogens with zero attached hydrogens (tertiary/aromatic N) is 1. The molecule has 0 aliphatic rings. The zero-order chi connectivity index (χ0) is 13.0. The number of carboxylic acid groups (broad SMARTS) is 1. The fraction of sp³-hybridized carbons (Fsp3) is 0.417. The van der Waals surface area contributed by atoms with Crippen LogP contribution >= 0.6 is 15.9 Å². The van der Waals surface area contributed by atoms with Gasteiger partial charge in [-0.05, 0) is 37.2 Å². The van der Waals surface area contributed by atoms with E-state index in [1.807, 2.05) is 6.92 Å². The van der Waals surface area contributed by atoms with Crippen molar-refractivity contribution < 1.29 is 14.3 Å². The van der Waals surface area contributed by atoms with Crippen LogP contribution in [0.1, 0.15) is 18.9 Å². The normalized spacial score (nSPS) is 12.8. The van der Waals surface area contributed by atoms with Crippen LogP contribution in [0.5, 0.6) is 0 Å². The predicted octanol–water partition coefficient (Wildman–Crippen LogP) is 2.88. The van der Waals surface area contributed by atoms with Crippen LogP contribution in [0.3, 0.4) is 0 Å². The van der Waals surface area contributed by atoms with Gasteiger partial charge in [0.25, 0.3) is 0 Å². The topological polar surface area (TPSA) is 40.5 Å². The Bertz CT molecular complexity index is 411. The molecule has 1 unspecified atom stereocenters. The van der Waals surface area contributed by atoms with Crippen molar-refractivity contribution in [2.45, 2.75) is 25.9 Å². The van der Waals surface area contributed by atoms with Gasteiger partial charge in [-0.1, -0.05) is 22.9 Å². The smallest absolute Gasteiger partial charge is 0.320 e. The van der Waals surface area contributed by atoms with Crippen LogP contribution in [-0.4, -0.2) is 29.1 Å². The van der Waals surface area contributed by atoms with E-state index in [2.05, 4.69) is 15.9 Å². The Balaban J connectivity index is 2.83. The Morgan fingerprint density at radius 1 is 1.59 bits per heavy atom. The number of carbonyl (C=O) groups is 1. The van der Waals surface area contributed by atoms with Gasteiger partial charge in [-0.25, -0.2) is 4.39 Å². The molecule has 1 N–H and O–H groups in total. The molecule has 0 bridgehead atoms. The van der Waals surface area contributed by atoms with Gasteiger partial charge in [0.05, 0.1) is 0 Å². The lowest BCUT2D eigenvalue weighted by Crippen LogP contribution is -2.37. The summed E-state index contributed by atoms with van der Waals surface area (Å²) in [5.41, 5.74) is 0.743. The molecule has 0 aliphatic carbocycles. The molecule has 0 aliphatic heterocycles. The highest BCUT2D eigenvalue weighted by atomic mass is 79.9. The third kappa shape index (κ3) is 3.78. The quantitative estimate of drug-likeness (QED) is 0.909. The van der Waals surface area contributed by atoms with Crippen molar-refractivity contribution in [3.63, 3.8) is 0 Å². The first-order valence-corrected chi connectivity index (χ1v) is 6.12. The summed E-state index contributed by atoms with van der Waals surface area (Å²) in [6.07, 6.45) is 0.513. The van der Waals surface area contributed by atoms with Crippen LogP contribution in [0, 0.1) is 5.82 Å². The predicted molar refractivity (Wildman–Crippen MR) is 67.3 cm³/mol. The van der Waals surface area contributed by atoms with Crippen LogP contribution in [0.15, 0.2) is 22.7 Å². The lowest BCUT2D eigenvalue weighted by atomic mass is 10.1. The van der Waals surface area contributed by atoms with Gasteiger partial charge < -0.3 is 5.11 Å². The van der Waals surface area contributed by atoms with Gasteiger partial charge in [0.15, 0.2) is 0 Å². The SMILES string of the molecule is CCC(C(=O)O)N(C)Cc1cc(F)ccc1Br. The maximum atomic E-state index is 13.1. The van der Waals surface area contributed by atoms with Crippen LogP contribution in [0.4, 0.5) is 4.39 Å². The number of likely N-dealkylation sites (N-methyl/N-ethyl adjacent to an activating group) is 1. The van der Waals surface area contributed by atoms with E-state index in [1.165, 1.54) is 12.1 Å². The summed E-state index contributed by atoms with van der Waals surface area (Å²) in [6.45, 7) is 2.21. The molecular weight excluding hydrogens is 289 g/mol. The van der Waals surface area contributed by atoms with Crippen molar-refractivity contribution in [3.8, 4) is 0 Å². The molecule has 1 rings (SSSR count). The standard InChI is InChI=1S/C12H15BrFNO2/c1-3-11(12(16)17)15(2)7-8-6-9(14)4-5-10(8)13/h4-6,11H,3,7H2,1-2H3,(H,16,17). The van der Waals surface area contributed by atoms with E-state index in [0.717, 1.165) is 10.0 Å². The lowest BCUT2D eigenvalue weighted by molar-refractivity contribution is -0.143. The minimum absolute atomic E-state index is 0.319. The van der Waals surface area contributed by atoms with Crippen molar-refractivity contribution in [2.75, 3.05) is 7.05 Å². The number of rotatable bonds is 5. The number of carboxylic acids is 1. The Kier molecular flexibility index (Phi) is 5.08. The summed E-state index contributed by atoms with van der Waals surface area (Å²) in [7, 11) is 1.72. The minimum Gasteiger partial charge on any atom is -0.480 e. The van der Waals surface area contributed by atoms with Crippen LogP contribution in [-0.2, 0) is 11.3 Å². The van der Waals surface area contributed by atoms with Gasteiger partial charge in [0.2, 0.25) is 0 Å². The van der Waals surface area contributed by atoms with Crippen molar-refractivity contribution in [1.82, 2.24) is 4.90 Å². The van der Waals surface area contributed by atoms with E-state index < -0.39 is 12.0 Å². The third-order valence-electron chi connectivity index (χ3n) is 2.63. The summed E-state index contributed by atoms with van der Waals surface area (Å²) in [5.74, 6) is -1.18. The fourth-order valence-corrected chi connectivity index (χ4v) is 2.09. The molecule has 0 saturated carbocycles. The number of aliphatic carboxylic acids is 1. The summed E-state index contributed by atoms with van der Waals surface area (Å²) < 4.78 is 13.9. The Hall–Kier alpha value is -0.940. The molecule has 1 aromatic rings. The van der Waals surface area contributed by atoms with Crippen molar-refractivity contribution in [3.05, 3.63) is 34.1 Å². The van der Waals surface area contributed by atoms with Crippen LogP contribution in [0.25, 0.3) is 0 Å². The molecule has 0 spiro atoms. The largest absolute Gasteiger partial charge is 0.480 e. The second-order valence-corrected chi connectivity index (χ2v) is 4.77. The molecule has 94 valence electrons. The van der Waals surface area contributed by atoms with E-state index in [4.69, 9.17) is 5.11 Å². The molecule has 1 atom stereocenters. The van der Waals surface area contributed by atoms with Gasteiger partial charge in [0, 0.05) is 11.0 Å². The number of hydrogen-bond acceptors (Lipinski definition) is 2. The highest BCUT2D eigenvalue weighted by Crippen LogP contribution is 2.20. The molecule has 3 nitrogen and oxygen atoms in total. The van der Waals surface area contributed by atoms with Gasteiger partial charge in [-0.15, -0.1) is 0 Å². The van der Waals surface area contributed by atoms with Crippen molar-refractivity contribution in [2.24, 2.45) is 0 Å². The number of hydrogen-bond donors (Lipinski definition) is 1. The van der Waals surface area contributed by atoms with Crippen LogP contribution < -0.4 is 0 Å². The minimum atomic E-state index is -0.859. The Morgan fingerprint density at radius 2 is 2.24 bits per heavy atom. The summed E-state index contributed by atoms with van der Waals surface area (Å²) in [5, 5.41) is 9.02. The molecule has 0 amide bonds. The second-order valence-electron chi connectivity index (χ2n) is 3.91. The monoisotopic (exact) mass is 303 g/mol. The Morgan fingerprint density at radius 3 is 2.76 bits per heavy atom. The van der Waals surface area contributed by atoms with E-state index in [1.54, 1.807) is 18.0 Å². The zero-order valence-corrected chi connectivity index (χ0v) is 11.4. The molecule has 0 heterocycles. The van der Waals surface area contributed by atoms with E-state index in [9.17, 15) is 9.18 Å². The van der Waals surface area contributed by atoms with Gasteiger partial charge in [-0.2, -0.15) is 0 Å². The molecule has 1 aromatic carbocycles. The van der Waals surface area contributed by atoms with E-state index in [-0.39, 0.29) is 5.82 Å². The maximum Gasteiger partial charge on any atom is 0.320 e. The first kappa shape index (κ1) is 14.1. The average Bonchev–Trinajstić information content (AvgIpc) is 2.24. The first-order chi connectivity index (χ1) is 7.95. The van der Waals surface area contributed by atoms with Gasteiger partial charge in [-0.3, -0.25) is 9.69 Å². The number of benzene rings is 1. The average molecular weight is 304 g/mol. The molecule has 0 aromatic heterocycles.